The molecule has 2 aliphatic heterocycles. The minimum Gasteiger partial charge on any atom is -0.312 e. The second-order valence-electron chi connectivity index (χ2n) is 8.32. The first-order valence-corrected chi connectivity index (χ1v) is 14.3. The van der Waals surface area contributed by atoms with Gasteiger partial charge in [0.25, 0.3) is 9.05 Å². The number of anilines is 2. The quantitative estimate of drug-likeness (QED) is 0.309. The Bertz CT molecular complexity index is 1250. The zero-order valence-corrected chi connectivity index (χ0v) is 22.2. The fourth-order valence-electron chi connectivity index (χ4n) is 3.74. The summed E-state index contributed by atoms with van der Waals surface area (Å²) >= 11 is 5.82. The van der Waals surface area contributed by atoms with Gasteiger partial charge in [-0.15, -0.1) is 11.6 Å². The summed E-state index contributed by atoms with van der Waals surface area (Å²) in [6.45, 7) is 3.49. The van der Waals surface area contributed by atoms with Gasteiger partial charge in [-0.3, -0.25) is 9.59 Å². The molecule has 3 aromatic rings. The van der Waals surface area contributed by atoms with E-state index in [1.807, 2.05) is 72.5 Å². The molecule has 0 aromatic heterocycles. The molecule has 0 N–H and O–H groups in total. The van der Waals surface area contributed by atoms with E-state index in [4.69, 9.17) is 22.3 Å². The van der Waals surface area contributed by atoms with Crippen molar-refractivity contribution in [1.82, 2.24) is 0 Å². The average molecular weight is 548 g/mol. The molecule has 2 heterocycles. The predicted molar refractivity (Wildman–Crippen MR) is 145 cm³/mol. The lowest BCUT2D eigenvalue weighted by Gasteiger charge is -2.15. The van der Waals surface area contributed by atoms with Crippen molar-refractivity contribution in [1.29, 1.82) is 0 Å². The van der Waals surface area contributed by atoms with Gasteiger partial charge in [0.1, 0.15) is 5.38 Å². The van der Waals surface area contributed by atoms with E-state index in [2.05, 4.69) is 0 Å². The van der Waals surface area contributed by atoms with E-state index in [1.165, 1.54) is 12.1 Å². The number of alkyl halides is 1. The molecule has 9 heteroatoms. The van der Waals surface area contributed by atoms with Crippen LogP contribution in [0.2, 0.25) is 0 Å². The Morgan fingerprint density at radius 2 is 1.31 bits per heavy atom. The summed E-state index contributed by atoms with van der Waals surface area (Å²) in [5.41, 5.74) is 2.98. The van der Waals surface area contributed by atoms with Crippen LogP contribution in [0.15, 0.2) is 89.8 Å². The van der Waals surface area contributed by atoms with E-state index >= 15 is 0 Å². The Balaban J connectivity index is 0.000000151. The highest BCUT2D eigenvalue weighted by Gasteiger charge is 2.30. The highest BCUT2D eigenvalue weighted by atomic mass is 35.7. The maximum absolute atomic E-state index is 11.5. The van der Waals surface area contributed by atoms with Crippen molar-refractivity contribution in [2.24, 2.45) is 0 Å². The number of hydrogen-bond donors (Lipinski definition) is 0. The van der Waals surface area contributed by atoms with Crippen LogP contribution >= 0.6 is 22.3 Å². The van der Waals surface area contributed by atoms with Crippen molar-refractivity contribution in [3.8, 4) is 0 Å². The van der Waals surface area contributed by atoms with Gasteiger partial charge in [0.05, 0.1) is 4.90 Å². The fourth-order valence-corrected chi connectivity index (χ4v) is 4.72. The molecule has 2 amide bonds. The highest BCUT2D eigenvalue weighted by Crippen LogP contribution is 2.23. The molecule has 0 aliphatic carbocycles. The molecule has 6 nitrogen and oxygen atoms in total. The molecule has 0 saturated carbocycles. The molecule has 2 fully saturated rings. The summed E-state index contributed by atoms with van der Waals surface area (Å²) in [7, 11) is 1.54. The van der Waals surface area contributed by atoms with E-state index in [0.717, 1.165) is 42.9 Å². The monoisotopic (exact) mass is 546 g/mol. The number of amides is 2. The average Bonchev–Trinajstić information content (AvgIpc) is 3.45. The van der Waals surface area contributed by atoms with Crippen LogP contribution in [0, 0.1) is 6.92 Å². The molecule has 1 atom stereocenters. The molecule has 1 unspecified atom stereocenters. The van der Waals surface area contributed by atoms with Gasteiger partial charge in [-0.25, -0.2) is 8.42 Å². The second kappa shape index (κ2) is 12.9. The third kappa shape index (κ3) is 7.82. The lowest BCUT2D eigenvalue weighted by atomic mass is 10.2. The van der Waals surface area contributed by atoms with Crippen molar-refractivity contribution >= 4 is 54.5 Å². The van der Waals surface area contributed by atoms with Crippen LogP contribution in [0.4, 0.5) is 11.4 Å². The van der Waals surface area contributed by atoms with E-state index in [-0.39, 0.29) is 22.1 Å². The zero-order valence-electron chi connectivity index (χ0n) is 19.9. The molecule has 0 radical (unpaired) electrons. The number of halogens is 2. The van der Waals surface area contributed by atoms with Gasteiger partial charge in [0.2, 0.25) is 11.8 Å². The van der Waals surface area contributed by atoms with Gasteiger partial charge in [-0.1, -0.05) is 54.1 Å². The van der Waals surface area contributed by atoms with Gasteiger partial charge in [0, 0.05) is 41.6 Å². The van der Waals surface area contributed by atoms with Crippen molar-refractivity contribution in [2.75, 3.05) is 22.9 Å². The van der Waals surface area contributed by atoms with Crippen LogP contribution in [-0.4, -0.2) is 38.7 Å². The van der Waals surface area contributed by atoms with Crippen LogP contribution in [0.1, 0.15) is 24.8 Å². The van der Waals surface area contributed by atoms with Gasteiger partial charge in [-0.2, -0.15) is 0 Å². The molecule has 0 spiro atoms. The van der Waals surface area contributed by atoms with Crippen LogP contribution in [-0.2, 0) is 18.6 Å². The molecule has 2 saturated heterocycles. The Labute approximate surface area is 221 Å². The minimum absolute atomic E-state index is 0.0212. The lowest BCUT2D eigenvalue weighted by Crippen LogP contribution is -2.26. The number of para-hydroxylation sites is 2. The number of aryl methyl sites for hydroxylation is 1. The Morgan fingerprint density at radius 1 is 0.778 bits per heavy atom. The lowest BCUT2D eigenvalue weighted by molar-refractivity contribution is -0.117. The van der Waals surface area contributed by atoms with Gasteiger partial charge in [-0.05, 0) is 56.2 Å². The molecule has 2 aliphatic rings. The molecule has 5 rings (SSSR count). The van der Waals surface area contributed by atoms with Crippen LogP contribution in [0.3, 0.4) is 0 Å². The van der Waals surface area contributed by atoms with Crippen molar-refractivity contribution in [3.05, 3.63) is 90.5 Å². The molecule has 190 valence electrons. The first-order chi connectivity index (χ1) is 17.2. The standard InChI is InChI=1S/C10H10ClNO.C10H11NO.C7H7ClO2S/c11-9-6-7-12(10(9)13)8-4-2-1-3-5-8;12-10-7-4-8-11(10)9-5-2-1-3-6-9;1-6-2-4-7(5-3-6)11(8,9)10/h1-5,9H,6-7H2;1-3,5-6H,4,7-8H2;2-5H,1H3. The number of carbonyl (C=O) groups excluding carboxylic acids is 2. The third-order valence-electron chi connectivity index (χ3n) is 5.65. The number of carbonyl (C=O) groups is 2. The van der Waals surface area contributed by atoms with Gasteiger partial charge < -0.3 is 9.80 Å². The largest absolute Gasteiger partial charge is 0.312 e. The first-order valence-electron chi connectivity index (χ1n) is 11.5. The van der Waals surface area contributed by atoms with Crippen LogP contribution in [0.25, 0.3) is 0 Å². The van der Waals surface area contributed by atoms with Crippen LogP contribution in [0.5, 0.6) is 0 Å². The van der Waals surface area contributed by atoms with Gasteiger partial charge >= 0.3 is 0 Å². The Hall–Kier alpha value is -2.87. The molecular weight excluding hydrogens is 519 g/mol. The predicted octanol–water partition coefficient (Wildman–Crippen LogP) is 5.77. The smallest absolute Gasteiger partial charge is 0.261 e. The number of hydrogen-bond acceptors (Lipinski definition) is 4. The number of benzene rings is 3. The number of rotatable bonds is 3. The summed E-state index contributed by atoms with van der Waals surface area (Å²) in [6.07, 6.45) is 2.44. The molecular formula is C27H28Cl2N2O4S. The van der Waals surface area contributed by atoms with Crippen molar-refractivity contribution in [2.45, 2.75) is 36.5 Å². The SMILES string of the molecule is Cc1ccc(S(=O)(=O)Cl)cc1.O=C1C(Cl)CCN1c1ccccc1.O=C1CCCN1c1ccccc1. The summed E-state index contributed by atoms with van der Waals surface area (Å²) in [5.74, 6) is 0.272. The maximum Gasteiger partial charge on any atom is 0.261 e. The third-order valence-corrected chi connectivity index (χ3v) is 7.43. The molecule has 36 heavy (non-hydrogen) atoms. The zero-order chi connectivity index (χ0) is 26.1. The van der Waals surface area contributed by atoms with Crippen molar-refractivity contribution < 1.29 is 18.0 Å². The fraction of sp³-hybridized carbons (Fsp3) is 0.259. The normalized spacial score (nSPS) is 17.2. The number of nitrogens with zero attached hydrogens (tertiary/aromatic N) is 2. The second-order valence-corrected chi connectivity index (χ2v) is 11.4. The summed E-state index contributed by atoms with van der Waals surface area (Å²) in [5, 5.41) is -0.333. The topological polar surface area (TPSA) is 74.8 Å². The van der Waals surface area contributed by atoms with Crippen LogP contribution < -0.4 is 9.80 Å². The minimum atomic E-state index is -3.55. The van der Waals surface area contributed by atoms with Crippen molar-refractivity contribution in [3.63, 3.8) is 0 Å². The summed E-state index contributed by atoms with van der Waals surface area (Å²) < 4.78 is 21.4. The van der Waals surface area contributed by atoms with E-state index in [9.17, 15) is 18.0 Å². The molecule has 0 bridgehead atoms. The van der Waals surface area contributed by atoms with E-state index in [0.29, 0.717) is 6.42 Å². The highest BCUT2D eigenvalue weighted by molar-refractivity contribution is 8.13. The molecule has 3 aromatic carbocycles. The first kappa shape index (κ1) is 27.7. The van der Waals surface area contributed by atoms with E-state index < -0.39 is 9.05 Å². The summed E-state index contributed by atoms with van der Waals surface area (Å²) in [6, 6.07) is 25.8. The summed E-state index contributed by atoms with van der Waals surface area (Å²) in [4.78, 5) is 26.5. The van der Waals surface area contributed by atoms with Gasteiger partial charge in [0.15, 0.2) is 0 Å². The Kier molecular flexibility index (Phi) is 9.93. The maximum atomic E-state index is 11.5. The van der Waals surface area contributed by atoms with E-state index in [1.54, 1.807) is 17.0 Å². The Morgan fingerprint density at radius 3 is 1.72 bits per heavy atom.